The molecule has 8 nitrogen and oxygen atoms in total. The minimum absolute atomic E-state index is 0.251. The van der Waals surface area contributed by atoms with Gasteiger partial charge in [-0.25, -0.2) is 4.68 Å². The van der Waals surface area contributed by atoms with Gasteiger partial charge in [0.1, 0.15) is 30.5 Å². The van der Waals surface area contributed by atoms with Crippen LogP contribution in [0.3, 0.4) is 0 Å². The molecule has 182 valence electrons. The van der Waals surface area contributed by atoms with Crippen LogP contribution >= 0.6 is 11.6 Å². The van der Waals surface area contributed by atoms with E-state index in [-0.39, 0.29) is 5.91 Å². The molecule has 9 heteroatoms. The molecule has 0 unspecified atom stereocenters. The van der Waals surface area contributed by atoms with Crippen LogP contribution in [0, 0.1) is 0 Å². The quantitative estimate of drug-likeness (QED) is 0.350. The SMILES string of the molecule is COc1ccc(NC(=O)C2=C(C)Nc3ncnn3[C@@H]2c2cccc(OCc3ccccc3Cl)c2)cc1. The second-order valence-corrected chi connectivity index (χ2v) is 8.64. The zero-order chi connectivity index (χ0) is 25.1. The number of fused-ring (bicyclic) bond motifs is 1. The summed E-state index contributed by atoms with van der Waals surface area (Å²) in [7, 11) is 1.60. The molecule has 1 amide bonds. The third-order valence-electron chi connectivity index (χ3n) is 5.91. The van der Waals surface area contributed by atoms with Crippen LogP contribution < -0.4 is 20.1 Å². The summed E-state index contributed by atoms with van der Waals surface area (Å²) in [5.41, 5.74) is 3.58. The van der Waals surface area contributed by atoms with Crippen molar-refractivity contribution in [2.45, 2.75) is 19.6 Å². The predicted molar refractivity (Wildman–Crippen MR) is 138 cm³/mol. The molecule has 0 spiro atoms. The van der Waals surface area contributed by atoms with Gasteiger partial charge >= 0.3 is 0 Å². The Hall–Kier alpha value is -4.30. The third kappa shape index (κ3) is 4.76. The first-order valence-electron chi connectivity index (χ1n) is 11.3. The smallest absolute Gasteiger partial charge is 0.255 e. The molecule has 4 aromatic rings. The fourth-order valence-corrected chi connectivity index (χ4v) is 4.31. The predicted octanol–water partition coefficient (Wildman–Crippen LogP) is 5.45. The number of amides is 1. The van der Waals surface area contributed by atoms with Crippen LogP contribution in [0.4, 0.5) is 11.6 Å². The molecule has 1 aromatic heterocycles. The molecular weight excluding hydrogens is 478 g/mol. The van der Waals surface area contributed by atoms with Crippen molar-refractivity contribution in [2.24, 2.45) is 0 Å². The van der Waals surface area contributed by atoms with Crippen molar-refractivity contribution in [3.05, 3.63) is 107 Å². The molecule has 5 rings (SSSR count). The van der Waals surface area contributed by atoms with Gasteiger partial charge in [0, 0.05) is 22.0 Å². The highest BCUT2D eigenvalue weighted by Crippen LogP contribution is 2.36. The summed E-state index contributed by atoms with van der Waals surface area (Å²) in [4.78, 5) is 17.8. The first kappa shape index (κ1) is 23.4. The van der Waals surface area contributed by atoms with E-state index in [2.05, 4.69) is 20.7 Å². The summed E-state index contributed by atoms with van der Waals surface area (Å²) in [5, 5.41) is 11.2. The van der Waals surface area contributed by atoms with Crippen LogP contribution in [0.15, 0.2) is 90.4 Å². The highest BCUT2D eigenvalue weighted by atomic mass is 35.5. The Morgan fingerprint density at radius 1 is 1.08 bits per heavy atom. The Balaban J connectivity index is 1.45. The number of ether oxygens (including phenoxy) is 2. The summed E-state index contributed by atoms with van der Waals surface area (Å²) in [6, 6.07) is 21.8. The molecule has 0 fully saturated rings. The van der Waals surface area contributed by atoms with Crippen molar-refractivity contribution in [2.75, 3.05) is 17.7 Å². The Kier molecular flexibility index (Phi) is 6.60. The first-order chi connectivity index (χ1) is 17.5. The molecule has 1 aliphatic heterocycles. The van der Waals surface area contributed by atoms with Crippen LogP contribution in [0.25, 0.3) is 0 Å². The molecule has 0 saturated carbocycles. The van der Waals surface area contributed by atoms with Gasteiger partial charge in [-0.15, -0.1) is 0 Å². The minimum atomic E-state index is -0.508. The maximum absolute atomic E-state index is 13.5. The van der Waals surface area contributed by atoms with Crippen molar-refractivity contribution in [1.82, 2.24) is 14.8 Å². The summed E-state index contributed by atoms with van der Waals surface area (Å²) in [6.07, 6.45) is 1.46. The maximum Gasteiger partial charge on any atom is 0.255 e. The van der Waals surface area contributed by atoms with Crippen molar-refractivity contribution in [3.63, 3.8) is 0 Å². The van der Waals surface area contributed by atoms with Gasteiger partial charge in [0.05, 0.1) is 12.7 Å². The lowest BCUT2D eigenvalue weighted by Crippen LogP contribution is -2.31. The second kappa shape index (κ2) is 10.1. The number of rotatable bonds is 7. The Labute approximate surface area is 213 Å². The van der Waals surface area contributed by atoms with Gasteiger partial charge < -0.3 is 20.1 Å². The number of benzene rings is 3. The number of hydrogen-bond donors (Lipinski definition) is 2. The van der Waals surface area contributed by atoms with Gasteiger partial charge in [-0.1, -0.05) is 41.9 Å². The molecular formula is C27H24ClN5O3. The van der Waals surface area contributed by atoms with Crippen LogP contribution in [0.2, 0.25) is 5.02 Å². The number of halogens is 1. The second-order valence-electron chi connectivity index (χ2n) is 8.23. The van der Waals surface area contributed by atoms with Gasteiger partial charge in [-0.2, -0.15) is 10.1 Å². The van der Waals surface area contributed by atoms with E-state index in [1.54, 1.807) is 36.1 Å². The number of carbonyl (C=O) groups is 1. The molecule has 0 radical (unpaired) electrons. The number of nitrogens with zero attached hydrogens (tertiary/aromatic N) is 3. The Morgan fingerprint density at radius 2 is 1.89 bits per heavy atom. The average Bonchev–Trinajstić information content (AvgIpc) is 3.36. The fourth-order valence-electron chi connectivity index (χ4n) is 4.12. The fraction of sp³-hybridized carbons (Fsp3) is 0.148. The monoisotopic (exact) mass is 501 g/mol. The van der Waals surface area contributed by atoms with E-state index in [1.165, 1.54) is 6.33 Å². The van der Waals surface area contributed by atoms with Gasteiger partial charge in [0.15, 0.2) is 0 Å². The van der Waals surface area contributed by atoms with Crippen molar-refractivity contribution >= 4 is 29.1 Å². The van der Waals surface area contributed by atoms with E-state index in [0.29, 0.717) is 46.0 Å². The maximum atomic E-state index is 13.5. The van der Waals surface area contributed by atoms with E-state index in [1.807, 2.05) is 55.5 Å². The van der Waals surface area contributed by atoms with Crippen LogP contribution in [0.5, 0.6) is 11.5 Å². The number of anilines is 2. The summed E-state index contributed by atoms with van der Waals surface area (Å²) in [5.74, 6) is 1.67. The van der Waals surface area contributed by atoms with E-state index in [4.69, 9.17) is 21.1 Å². The topological polar surface area (TPSA) is 90.3 Å². The van der Waals surface area contributed by atoms with Gasteiger partial charge in [-0.3, -0.25) is 4.79 Å². The Morgan fingerprint density at radius 3 is 2.67 bits per heavy atom. The van der Waals surface area contributed by atoms with Crippen molar-refractivity contribution in [3.8, 4) is 11.5 Å². The van der Waals surface area contributed by atoms with E-state index in [0.717, 1.165) is 11.1 Å². The van der Waals surface area contributed by atoms with Crippen molar-refractivity contribution in [1.29, 1.82) is 0 Å². The van der Waals surface area contributed by atoms with E-state index >= 15 is 0 Å². The van der Waals surface area contributed by atoms with E-state index in [9.17, 15) is 4.79 Å². The number of carbonyl (C=O) groups excluding carboxylic acids is 1. The summed E-state index contributed by atoms with van der Waals surface area (Å²) in [6.45, 7) is 2.18. The standard InChI is InChI=1S/C27H24ClN5O3/c1-17-24(26(34)32-20-10-12-21(35-2)13-11-20)25(33-27(31-17)29-16-30-33)18-7-5-8-22(14-18)36-15-19-6-3-4-9-23(19)28/h3-14,16,25H,15H2,1-2H3,(H,32,34)(H,29,30,31)/t25-/m1/s1. The normalized spacial score (nSPS) is 14.6. The highest BCUT2D eigenvalue weighted by Gasteiger charge is 2.33. The average molecular weight is 502 g/mol. The molecule has 36 heavy (non-hydrogen) atoms. The number of methoxy groups -OCH3 is 1. The molecule has 0 bridgehead atoms. The van der Waals surface area contributed by atoms with Crippen LogP contribution in [-0.4, -0.2) is 27.8 Å². The first-order valence-corrected chi connectivity index (χ1v) is 11.7. The number of allylic oxidation sites excluding steroid dienone is 1. The van der Waals surface area contributed by atoms with Crippen LogP contribution in [-0.2, 0) is 11.4 Å². The third-order valence-corrected chi connectivity index (χ3v) is 6.28. The highest BCUT2D eigenvalue weighted by molar-refractivity contribution is 6.31. The molecule has 1 atom stereocenters. The zero-order valence-corrected chi connectivity index (χ0v) is 20.5. The molecule has 1 aliphatic rings. The molecule has 2 heterocycles. The summed E-state index contributed by atoms with van der Waals surface area (Å²) < 4.78 is 12.9. The largest absolute Gasteiger partial charge is 0.497 e. The van der Waals surface area contributed by atoms with Crippen LogP contribution in [0.1, 0.15) is 24.1 Å². The number of hydrogen-bond acceptors (Lipinski definition) is 6. The zero-order valence-electron chi connectivity index (χ0n) is 19.7. The van der Waals surface area contributed by atoms with Crippen molar-refractivity contribution < 1.29 is 14.3 Å². The summed E-state index contributed by atoms with van der Waals surface area (Å²) >= 11 is 6.28. The number of aromatic nitrogens is 3. The molecule has 0 aliphatic carbocycles. The minimum Gasteiger partial charge on any atom is -0.497 e. The van der Waals surface area contributed by atoms with Gasteiger partial charge in [0.25, 0.3) is 5.91 Å². The number of nitrogens with one attached hydrogen (secondary N) is 2. The van der Waals surface area contributed by atoms with Gasteiger partial charge in [-0.05, 0) is 55.0 Å². The molecule has 2 N–H and O–H groups in total. The lowest BCUT2D eigenvalue weighted by Gasteiger charge is -2.29. The Bertz CT molecular complexity index is 1430. The van der Waals surface area contributed by atoms with Gasteiger partial charge in [0.2, 0.25) is 5.95 Å². The van der Waals surface area contributed by atoms with E-state index < -0.39 is 6.04 Å². The lowest BCUT2D eigenvalue weighted by atomic mass is 9.95. The lowest BCUT2D eigenvalue weighted by molar-refractivity contribution is -0.113. The molecule has 3 aromatic carbocycles. The molecule has 0 saturated heterocycles.